The van der Waals surface area contributed by atoms with E-state index in [9.17, 15) is 4.79 Å². The number of amides is 1. The molecule has 1 amide bonds. The second-order valence-corrected chi connectivity index (χ2v) is 8.90. The molecular formula is C23H32N2O3S. The normalized spacial score (nSPS) is 21.7. The van der Waals surface area contributed by atoms with Crippen LogP contribution in [0.2, 0.25) is 0 Å². The van der Waals surface area contributed by atoms with Crippen molar-refractivity contribution in [2.45, 2.75) is 58.8 Å². The maximum absolute atomic E-state index is 12.4. The molecule has 1 N–H and O–H groups in total. The number of hydrogen-bond donors (Lipinski definition) is 1. The average molecular weight is 417 g/mol. The monoisotopic (exact) mass is 416 g/mol. The van der Waals surface area contributed by atoms with Crippen LogP contribution in [0.3, 0.4) is 0 Å². The lowest BCUT2D eigenvalue weighted by atomic mass is 9.78. The summed E-state index contributed by atoms with van der Waals surface area (Å²) in [5, 5.41) is 3.23. The molecule has 29 heavy (non-hydrogen) atoms. The van der Waals surface area contributed by atoms with Gasteiger partial charge < -0.3 is 14.5 Å². The maximum atomic E-state index is 12.4. The predicted octanol–water partition coefficient (Wildman–Crippen LogP) is 5.22. The Kier molecular flexibility index (Phi) is 7.64. The summed E-state index contributed by atoms with van der Waals surface area (Å²) in [6.07, 6.45) is 3.57. The van der Waals surface area contributed by atoms with Crippen LogP contribution in [-0.4, -0.2) is 29.3 Å². The van der Waals surface area contributed by atoms with Crippen molar-refractivity contribution in [2.24, 2.45) is 11.8 Å². The summed E-state index contributed by atoms with van der Waals surface area (Å²) >= 11 is 1.58. The van der Waals surface area contributed by atoms with Gasteiger partial charge in [0.05, 0.1) is 18.1 Å². The van der Waals surface area contributed by atoms with Crippen molar-refractivity contribution in [1.29, 1.82) is 0 Å². The highest BCUT2D eigenvalue weighted by atomic mass is 32.2. The zero-order valence-corrected chi connectivity index (χ0v) is 18.7. The van der Waals surface area contributed by atoms with Crippen molar-refractivity contribution < 1.29 is 13.9 Å². The number of carbonyl (C=O) groups excluding carboxylic acids is 1. The fourth-order valence-corrected chi connectivity index (χ4v) is 4.65. The standard InChI is InChI=1S/C23H32N2O3S/c1-5-27-19-11-9-18(10-12-19)23-25-21(17(4)28-23)13-29-14-22(26)24-20-8-6-7-15(2)16(20)3/h9-12,15-16,20H,5-8,13-14H2,1-4H3,(H,24,26)/t15-,16+,20-/m1/s1. The minimum atomic E-state index is 0.119. The third kappa shape index (κ3) is 5.78. The third-order valence-electron chi connectivity index (χ3n) is 5.83. The molecule has 158 valence electrons. The van der Waals surface area contributed by atoms with Gasteiger partial charge in [0.1, 0.15) is 11.5 Å². The van der Waals surface area contributed by atoms with Gasteiger partial charge in [0.2, 0.25) is 11.8 Å². The Morgan fingerprint density at radius 3 is 2.76 bits per heavy atom. The van der Waals surface area contributed by atoms with Gasteiger partial charge in [-0.05, 0) is 56.4 Å². The Bertz CT molecular complexity index is 803. The summed E-state index contributed by atoms with van der Waals surface area (Å²) in [7, 11) is 0. The van der Waals surface area contributed by atoms with Gasteiger partial charge in [0.15, 0.2) is 0 Å². The molecule has 1 heterocycles. The van der Waals surface area contributed by atoms with Crippen molar-refractivity contribution in [3.05, 3.63) is 35.7 Å². The van der Waals surface area contributed by atoms with Crippen molar-refractivity contribution in [1.82, 2.24) is 10.3 Å². The number of aryl methyl sites for hydroxylation is 1. The van der Waals surface area contributed by atoms with Gasteiger partial charge >= 0.3 is 0 Å². The fourth-order valence-electron chi connectivity index (χ4n) is 3.82. The van der Waals surface area contributed by atoms with Gasteiger partial charge in [-0.2, -0.15) is 0 Å². The Labute approximate surface area is 178 Å². The van der Waals surface area contributed by atoms with Crippen molar-refractivity contribution in [3.63, 3.8) is 0 Å². The minimum Gasteiger partial charge on any atom is -0.494 e. The second-order valence-electron chi connectivity index (χ2n) is 7.91. The lowest BCUT2D eigenvalue weighted by molar-refractivity contribution is -0.119. The first-order chi connectivity index (χ1) is 14.0. The zero-order chi connectivity index (χ0) is 20.8. The molecule has 1 aliphatic rings. The first kappa shape index (κ1) is 21.8. The van der Waals surface area contributed by atoms with Gasteiger partial charge in [0.25, 0.3) is 0 Å². The topological polar surface area (TPSA) is 64.4 Å². The molecule has 1 saturated carbocycles. The number of oxazole rings is 1. The highest BCUT2D eigenvalue weighted by Crippen LogP contribution is 2.30. The van der Waals surface area contributed by atoms with Gasteiger partial charge in [0, 0.05) is 17.4 Å². The first-order valence-electron chi connectivity index (χ1n) is 10.5. The molecule has 1 aromatic carbocycles. The maximum Gasteiger partial charge on any atom is 0.230 e. The van der Waals surface area contributed by atoms with Gasteiger partial charge in [-0.3, -0.25) is 4.79 Å². The smallest absolute Gasteiger partial charge is 0.230 e. The Morgan fingerprint density at radius 2 is 2.03 bits per heavy atom. The van der Waals surface area contributed by atoms with E-state index in [-0.39, 0.29) is 5.91 Å². The molecule has 3 rings (SSSR count). The molecule has 1 fully saturated rings. The number of carbonyl (C=O) groups is 1. The molecule has 0 saturated heterocycles. The summed E-state index contributed by atoms with van der Waals surface area (Å²) in [6.45, 7) is 9.07. The van der Waals surface area contributed by atoms with Crippen LogP contribution in [0, 0.1) is 18.8 Å². The summed E-state index contributed by atoms with van der Waals surface area (Å²) in [5.41, 5.74) is 1.82. The minimum absolute atomic E-state index is 0.119. The summed E-state index contributed by atoms with van der Waals surface area (Å²) in [6, 6.07) is 8.06. The first-order valence-corrected chi connectivity index (χ1v) is 11.7. The van der Waals surface area contributed by atoms with E-state index in [0.29, 0.717) is 41.9 Å². The molecular weight excluding hydrogens is 384 g/mol. The van der Waals surface area contributed by atoms with E-state index in [0.717, 1.165) is 29.2 Å². The predicted molar refractivity (Wildman–Crippen MR) is 118 cm³/mol. The number of aromatic nitrogens is 1. The molecule has 0 bridgehead atoms. The van der Waals surface area contributed by atoms with Crippen LogP contribution in [0.1, 0.15) is 51.5 Å². The highest BCUT2D eigenvalue weighted by Gasteiger charge is 2.28. The third-order valence-corrected chi connectivity index (χ3v) is 6.77. The molecule has 0 spiro atoms. The molecule has 0 unspecified atom stereocenters. The second kappa shape index (κ2) is 10.2. The molecule has 0 radical (unpaired) electrons. The molecule has 1 aliphatic carbocycles. The van der Waals surface area contributed by atoms with Crippen molar-refractivity contribution >= 4 is 17.7 Å². The van der Waals surface area contributed by atoms with E-state index in [1.165, 1.54) is 12.8 Å². The van der Waals surface area contributed by atoms with E-state index in [4.69, 9.17) is 9.15 Å². The zero-order valence-electron chi connectivity index (χ0n) is 17.9. The van der Waals surface area contributed by atoms with Crippen LogP contribution < -0.4 is 10.1 Å². The van der Waals surface area contributed by atoms with Crippen LogP contribution >= 0.6 is 11.8 Å². The molecule has 5 nitrogen and oxygen atoms in total. The Hall–Kier alpha value is -1.95. The number of hydrogen-bond acceptors (Lipinski definition) is 5. The summed E-state index contributed by atoms with van der Waals surface area (Å²) < 4.78 is 11.3. The van der Waals surface area contributed by atoms with E-state index in [1.807, 2.05) is 38.1 Å². The summed E-state index contributed by atoms with van der Waals surface area (Å²) in [4.78, 5) is 17.0. The number of nitrogens with zero attached hydrogens (tertiary/aromatic N) is 1. The van der Waals surface area contributed by atoms with E-state index in [2.05, 4.69) is 24.1 Å². The molecule has 3 atom stereocenters. The SMILES string of the molecule is CCOc1ccc(-c2nc(CSCC(=O)N[C@@H]3CCC[C@@H](C)[C@@H]3C)c(C)o2)cc1. The number of rotatable bonds is 8. The number of thioether (sulfide) groups is 1. The Morgan fingerprint density at radius 1 is 1.28 bits per heavy atom. The molecule has 1 aromatic heterocycles. The average Bonchev–Trinajstić information content (AvgIpc) is 3.07. The number of benzene rings is 1. The highest BCUT2D eigenvalue weighted by molar-refractivity contribution is 7.99. The van der Waals surface area contributed by atoms with E-state index in [1.54, 1.807) is 11.8 Å². The molecule has 2 aromatic rings. The number of ether oxygens (including phenoxy) is 1. The quantitative estimate of drug-likeness (QED) is 0.639. The van der Waals surface area contributed by atoms with Crippen molar-refractivity contribution in [2.75, 3.05) is 12.4 Å². The molecule has 0 aliphatic heterocycles. The van der Waals surface area contributed by atoms with Gasteiger partial charge in [-0.1, -0.05) is 26.7 Å². The van der Waals surface area contributed by atoms with Gasteiger partial charge in [-0.25, -0.2) is 4.98 Å². The summed E-state index contributed by atoms with van der Waals surface area (Å²) in [5.74, 6) is 4.70. The number of nitrogens with one attached hydrogen (secondary N) is 1. The van der Waals surface area contributed by atoms with E-state index < -0.39 is 0 Å². The lowest BCUT2D eigenvalue weighted by Crippen LogP contribution is -2.44. The van der Waals surface area contributed by atoms with E-state index >= 15 is 0 Å². The Balaban J connectivity index is 1.50. The van der Waals surface area contributed by atoms with Crippen molar-refractivity contribution in [3.8, 4) is 17.2 Å². The van der Waals surface area contributed by atoms with Crippen LogP contribution in [0.4, 0.5) is 0 Å². The van der Waals surface area contributed by atoms with Crippen LogP contribution in [0.15, 0.2) is 28.7 Å². The largest absolute Gasteiger partial charge is 0.494 e. The lowest BCUT2D eigenvalue weighted by Gasteiger charge is -2.34. The van der Waals surface area contributed by atoms with Crippen LogP contribution in [0.5, 0.6) is 5.75 Å². The fraction of sp³-hybridized carbons (Fsp3) is 0.565. The van der Waals surface area contributed by atoms with Gasteiger partial charge in [-0.15, -0.1) is 11.8 Å². The van der Waals surface area contributed by atoms with Crippen LogP contribution in [-0.2, 0) is 10.5 Å². The van der Waals surface area contributed by atoms with Crippen LogP contribution in [0.25, 0.3) is 11.5 Å². The molecule has 6 heteroatoms.